The third-order valence-electron chi connectivity index (χ3n) is 6.33. The Balaban J connectivity index is 1.70. The van der Waals surface area contributed by atoms with Gasteiger partial charge in [0.2, 0.25) is 0 Å². The van der Waals surface area contributed by atoms with Crippen LogP contribution in [0, 0.1) is 39.0 Å². The van der Waals surface area contributed by atoms with Crippen LogP contribution < -0.4 is 0 Å². The zero-order chi connectivity index (χ0) is 21.6. The van der Waals surface area contributed by atoms with Crippen LogP contribution in [0.4, 0.5) is 0 Å². The van der Waals surface area contributed by atoms with Crippen LogP contribution in [0.3, 0.4) is 0 Å². The highest BCUT2D eigenvalue weighted by atomic mass is 16.2. The van der Waals surface area contributed by atoms with Gasteiger partial charge in [-0.3, -0.25) is 9.48 Å². The minimum Gasteiger partial charge on any atom is -0.331 e. The van der Waals surface area contributed by atoms with E-state index in [1.165, 1.54) is 5.56 Å². The predicted molar refractivity (Wildman–Crippen MR) is 116 cm³/mol. The van der Waals surface area contributed by atoms with E-state index in [0.29, 0.717) is 5.56 Å². The number of carbonyl (C=O) groups excluding carboxylic acids is 1. The first-order chi connectivity index (χ1) is 14.3. The van der Waals surface area contributed by atoms with Crippen LogP contribution in [-0.4, -0.2) is 31.7 Å². The summed E-state index contributed by atoms with van der Waals surface area (Å²) in [5.41, 5.74) is 7.56. The van der Waals surface area contributed by atoms with Crippen LogP contribution in [0.1, 0.15) is 63.1 Å². The summed E-state index contributed by atoms with van der Waals surface area (Å²) in [6.07, 6.45) is 1.96. The molecular formula is C24H27N5O. The number of likely N-dealkylation sites (tertiary alicyclic amines) is 1. The molecule has 3 aromatic rings. The number of rotatable bonds is 3. The van der Waals surface area contributed by atoms with E-state index < -0.39 is 0 Å². The maximum atomic E-state index is 13.6. The van der Waals surface area contributed by atoms with E-state index in [4.69, 9.17) is 5.26 Å². The van der Waals surface area contributed by atoms with Crippen molar-refractivity contribution >= 4 is 5.91 Å². The van der Waals surface area contributed by atoms with Crippen LogP contribution in [0.5, 0.6) is 0 Å². The maximum absolute atomic E-state index is 13.6. The number of hydrogen-bond donors (Lipinski definition) is 0. The van der Waals surface area contributed by atoms with Gasteiger partial charge in [0.25, 0.3) is 5.91 Å². The Labute approximate surface area is 177 Å². The van der Waals surface area contributed by atoms with Gasteiger partial charge in [-0.05, 0) is 70.9 Å². The average Bonchev–Trinajstić information content (AvgIpc) is 3.38. The van der Waals surface area contributed by atoms with Crippen LogP contribution in [0.2, 0.25) is 0 Å². The number of amides is 1. The highest BCUT2D eigenvalue weighted by Crippen LogP contribution is 2.37. The summed E-state index contributed by atoms with van der Waals surface area (Å²) in [7, 11) is 1.96. The van der Waals surface area contributed by atoms with Crippen LogP contribution in [0.25, 0.3) is 5.69 Å². The van der Waals surface area contributed by atoms with Crippen molar-refractivity contribution in [2.24, 2.45) is 7.05 Å². The third-order valence-corrected chi connectivity index (χ3v) is 6.33. The summed E-state index contributed by atoms with van der Waals surface area (Å²) >= 11 is 0. The molecule has 1 amide bonds. The first-order valence-corrected chi connectivity index (χ1v) is 10.3. The fraction of sp³-hybridized carbons (Fsp3) is 0.375. The lowest BCUT2D eigenvalue weighted by molar-refractivity contribution is 0.0734. The highest BCUT2D eigenvalue weighted by molar-refractivity contribution is 5.96. The molecule has 1 aliphatic heterocycles. The molecule has 0 radical (unpaired) electrons. The second kappa shape index (κ2) is 7.49. The number of carbonyl (C=O) groups is 1. The molecule has 0 N–H and O–H groups in total. The molecule has 6 heteroatoms. The van der Waals surface area contributed by atoms with Crippen molar-refractivity contribution in [2.75, 3.05) is 6.54 Å². The molecule has 2 aromatic heterocycles. The summed E-state index contributed by atoms with van der Waals surface area (Å²) in [4.78, 5) is 15.6. The van der Waals surface area contributed by atoms with Gasteiger partial charge in [0.05, 0.1) is 28.9 Å². The van der Waals surface area contributed by atoms with E-state index in [9.17, 15) is 4.79 Å². The van der Waals surface area contributed by atoms with E-state index >= 15 is 0 Å². The Kier molecular flexibility index (Phi) is 4.98. The second-order valence-corrected chi connectivity index (χ2v) is 8.14. The molecule has 0 spiro atoms. The maximum Gasteiger partial charge on any atom is 0.256 e. The molecule has 4 rings (SSSR count). The van der Waals surface area contributed by atoms with E-state index in [0.717, 1.165) is 53.4 Å². The number of aryl methyl sites for hydroxylation is 3. The number of aromatic nitrogens is 3. The summed E-state index contributed by atoms with van der Waals surface area (Å²) in [5.74, 6) is 0.0770. The lowest BCUT2D eigenvalue weighted by atomic mass is 10.0. The number of hydrogen-bond acceptors (Lipinski definition) is 3. The number of benzene rings is 1. The molecule has 0 unspecified atom stereocenters. The summed E-state index contributed by atoms with van der Waals surface area (Å²) in [5, 5.41) is 13.6. The van der Waals surface area contributed by atoms with Crippen molar-refractivity contribution in [1.29, 1.82) is 5.26 Å². The van der Waals surface area contributed by atoms with Gasteiger partial charge in [0.15, 0.2) is 0 Å². The van der Waals surface area contributed by atoms with Gasteiger partial charge < -0.3 is 9.47 Å². The first-order valence-electron chi connectivity index (χ1n) is 10.3. The molecule has 1 aliphatic rings. The molecule has 1 atom stereocenters. The van der Waals surface area contributed by atoms with Gasteiger partial charge in [0.1, 0.15) is 0 Å². The van der Waals surface area contributed by atoms with E-state index in [1.54, 1.807) is 12.1 Å². The Morgan fingerprint density at radius 3 is 2.43 bits per heavy atom. The highest BCUT2D eigenvalue weighted by Gasteiger charge is 2.35. The van der Waals surface area contributed by atoms with Crippen LogP contribution >= 0.6 is 0 Å². The molecular weight excluding hydrogens is 374 g/mol. The fourth-order valence-electron chi connectivity index (χ4n) is 4.80. The Morgan fingerprint density at radius 1 is 1.13 bits per heavy atom. The molecule has 1 fully saturated rings. The Hall–Kier alpha value is -3.33. The summed E-state index contributed by atoms with van der Waals surface area (Å²) in [6, 6.07) is 11.7. The van der Waals surface area contributed by atoms with Gasteiger partial charge >= 0.3 is 0 Å². The molecule has 154 valence electrons. The lowest BCUT2D eigenvalue weighted by Gasteiger charge is -2.25. The molecule has 30 heavy (non-hydrogen) atoms. The van der Waals surface area contributed by atoms with E-state index in [1.807, 2.05) is 55.6 Å². The van der Waals surface area contributed by atoms with E-state index in [2.05, 4.69) is 22.7 Å². The first kappa shape index (κ1) is 20.0. The van der Waals surface area contributed by atoms with E-state index in [-0.39, 0.29) is 11.9 Å². The third kappa shape index (κ3) is 3.11. The quantitative estimate of drug-likeness (QED) is 0.657. The van der Waals surface area contributed by atoms with Crippen molar-refractivity contribution in [3.8, 4) is 11.8 Å². The van der Waals surface area contributed by atoms with Crippen molar-refractivity contribution in [1.82, 2.24) is 19.2 Å². The molecule has 0 saturated carbocycles. The van der Waals surface area contributed by atoms with Crippen LogP contribution in [0.15, 0.2) is 30.3 Å². The second-order valence-electron chi connectivity index (χ2n) is 8.14. The lowest BCUT2D eigenvalue weighted by Crippen LogP contribution is -2.31. The zero-order valence-corrected chi connectivity index (χ0v) is 18.2. The zero-order valence-electron chi connectivity index (χ0n) is 18.2. The smallest absolute Gasteiger partial charge is 0.256 e. The molecule has 0 aliphatic carbocycles. The van der Waals surface area contributed by atoms with Gasteiger partial charge in [0, 0.05) is 41.9 Å². The monoisotopic (exact) mass is 401 g/mol. The fourth-order valence-corrected chi connectivity index (χ4v) is 4.80. The summed E-state index contributed by atoms with van der Waals surface area (Å²) in [6.45, 7) is 8.87. The average molecular weight is 402 g/mol. The molecule has 1 saturated heterocycles. The largest absolute Gasteiger partial charge is 0.331 e. The Morgan fingerprint density at radius 2 is 1.83 bits per heavy atom. The van der Waals surface area contributed by atoms with Crippen molar-refractivity contribution in [3.05, 3.63) is 69.8 Å². The number of nitriles is 1. The molecule has 0 bridgehead atoms. The molecule has 1 aromatic carbocycles. The normalized spacial score (nSPS) is 16.1. The van der Waals surface area contributed by atoms with Gasteiger partial charge in [-0.1, -0.05) is 0 Å². The topological polar surface area (TPSA) is 66.8 Å². The van der Waals surface area contributed by atoms with Gasteiger partial charge in [-0.25, -0.2) is 0 Å². The molecule has 6 nitrogen and oxygen atoms in total. The SMILES string of the molecule is Cc1nn(C)c(C)c1[C@@H]1CCCN1C(=O)c1cc(C)n(-c2ccc(C#N)cc2)c1C. The number of nitrogens with zero attached hydrogens (tertiary/aromatic N) is 5. The standard InChI is InChI=1S/C24H27N5O/c1-15-13-21(17(3)29(15)20-10-8-19(14-25)9-11-20)24(30)28-12-6-7-22(28)23-16(2)26-27(5)18(23)4/h8-11,13,22H,6-7,12H2,1-5H3/t22-/m0/s1. The van der Waals surface area contributed by atoms with Crippen molar-refractivity contribution in [2.45, 2.75) is 46.6 Å². The van der Waals surface area contributed by atoms with Gasteiger partial charge in [-0.15, -0.1) is 0 Å². The summed E-state index contributed by atoms with van der Waals surface area (Å²) < 4.78 is 3.99. The van der Waals surface area contributed by atoms with Gasteiger partial charge in [-0.2, -0.15) is 10.4 Å². The predicted octanol–water partition coefficient (Wildman–Crippen LogP) is 4.29. The van der Waals surface area contributed by atoms with Crippen molar-refractivity contribution < 1.29 is 4.79 Å². The Bertz CT molecular complexity index is 1160. The minimum atomic E-state index is 0.0733. The minimum absolute atomic E-state index is 0.0733. The van der Waals surface area contributed by atoms with Crippen molar-refractivity contribution in [3.63, 3.8) is 0 Å². The van der Waals surface area contributed by atoms with Crippen LogP contribution in [-0.2, 0) is 7.05 Å². The molecule has 3 heterocycles.